The van der Waals surface area contributed by atoms with Crippen LogP contribution in [-0.2, 0) is 15.8 Å². The monoisotopic (exact) mass is 377 g/mol. The minimum atomic E-state index is -4.49. The fourth-order valence-corrected chi connectivity index (χ4v) is 3.26. The van der Waals surface area contributed by atoms with E-state index in [1.807, 2.05) is 0 Å². The van der Waals surface area contributed by atoms with Gasteiger partial charge in [0.1, 0.15) is 6.04 Å². The van der Waals surface area contributed by atoms with Crippen LogP contribution in [0.25, 0.3) is 11.1 Å². The highest BCUT2D eigenvalue weighted by atomic mass is 19.4. The van der Waals surface area contributed by atoms with Crippen molar-refractivity contribution in [3.63, 3.8) is 0 Å². The summed E-state index contributed by atoms with van der Waals surface area (Å²) in [4.78, 5) is 25.0. The minimum absolute atomic E-state index is 0.0406. The molecule has 0 radical (unpaired) electrons. The average molecular weight is 377 g/mol. The zero-order valence-corrected chi connectivity index (χ0v) is 14.5. The van der Waals surface area contributed by atoms with Gasteiger partial charge in [-0.05, 0) is 36.1 Å². The number of hydrogen-bond donors (Lipinski definition) is 1. The lowest BCUT2D eigenvalue weighted by Gasteiger charge is -2.39. The highest BCUT2D eigenvalue weighted by molar-refractivity contribution is 5.89. The highest BCUT2D eigenvalue weighted by Crippen LogP contribution is 2.37. The number of amides is 1. The van der Waals surface area contributed by atoms with E-state index >= 15 is 0 Å². The number of carboxylic acid groups (broad SMARTS) is 1. The molecule has 27 heavy (non-hydrogen) atoms. The van der Waals surface area contributed by atoms with E-state index in [0.717, 1.165) is 6.07 Å². The van der Waals surface area contributed by atoms with E-state index in [4.69, 9.17) is 5.11 Å². The fourth-order valence-electron chi connectivity index (χ4n) is 3.26. The summed E-state index contributed by atoms with van der Waals surface area (Å²) in [5.41, 5.74) is 0.206. The van der Waals surface area contributed by atoms with Crippen LogP contribution in [0, 0.1) is 0 Å². The Morgan fingerprint density at radius 1 is 1.15 bits per heavy atom. The summed E-state index contributed by atoms with van der Waals surface area (Å²) in [6, 6.07) is 10.8. The second-order valence-corrected chi connectivity index (χ2v) is 6.56. The molecule has 7 heteroatoms. The normalized spacial score (nSPS) is 17.9. The van der Waals surface area contributed by atoms with Crippen LogP contribution >= 0.6 is 0 Å². The summed E-state index contributed by atoms with van der Waals surface area (Å²) >= 11 is 0. The number of aliphatic carboxylic acids is 1. The first-order chi connectivity index (χ1) is 12.7. The molecule has 1 saturated heterocycles. The van der Waals surface area contributed by atoms with Gasteiger partial charge in [-0.2, -0.15) is 13.2 Å². The van der Waals surface area contributed by atoms with Crippen molar-refractivity contribution in [2.75, 3.05) is 6.54 Å². The number of hydrogen-bond acceptors (Lipinski definition) is 2. The first-order valence-corrected chi connectivity index (χ1v) is 8.50. The minimum Gasteiger partial charge on any atom is -0.480 e. The molecule has 2 unspecified atom stereocenters. The number of carbonyl (C=O) groups excluding carboxylic acids is 1. The van der Waals surface area contributed by atoms with E-state index in [0.29, 0.717) is 24.1 Å². The van der Waals surface area contributed by atoms with E-state index in [9.17, 15) is 22.8 Å². The van der Waals surface area contributed by atoms with Crippen molar-refractivity contribution in [1.82, 2.24) is 4.90 Å². The molecule has 1 N–H and O–H groups in total. The van der Waals surface area contributed by atoms with E-state index in [1.54, 1.807) is 31.2 Å². The van der Waals surface area contributed by atoms with Crippen LogP contribution in [0.3, 0.4) is 0 Å². The van der Waals surface area contributed by atoms with Crippen molar-refractivity contribution in [2.45, 2.75) is 31.5 Å². The molecule has 0 saturated carbocycles. The Balaban J connectivity index is 1.91. The van der Waals surface area contributed by atoms with Crippen molar-refractivity contribution in [3.05, 3.63) is 59.7 Å². The Bertz CT molecular complexity index is 879. The summed E-state index contributed by atoms with van der Waals surface area (Å²) in [7, 11) is 0. The number of likely N-dealkylation sites (tertiary alicyclic amines) is 1. The lowest BCUT2D eigenvalue weighted by atomic mass is 9.91. The highest BCUT2D eigenvalue weighted by Gasteiger charge is 2.39. The average Bonchev–Trinajstić information content (AvgIpc) is 2.59. The Morgan fingerprint density at radius 2 is 1.85 bits per heavy atom. The molecule has 0 aromatic heterocycles. The van der Waals surface area contributed by atoms with Gasteiger partial charge < -0.3 is 10.0 Å². The van der Waals surface area contributed by atoms with Crippen LogP contribution in [0.4, 0.5) is 13.2 Å². The van der Waals surface area contributed by atoms with Gasteiger partial charge in [-0.1, -0.05) is 42.5 Å². The van der Waals surface area contributed by atoms with Gasteiger partial charge >= 0.3 is 12.1 Å². The molecule has 2 aromatic carbocycles. The van der Waals surface area contributed by atoms with E-state index in [1.165, 1.54) is 23.1 Å². The molecule has 0 bridgehead atoms. The van der Waals surface area contributed by atoms with Gasteiger partial charge in [-0.3, -0.25) is 4.79 Å². The van der Waals surface area contributed by atoms with E-state index in [2.05, 4.69) is 0 Å². The largest absolute Gasteiger partial charge is 0.480 e. The first kappa shape index (κ1) is 18.9. The maximum absolute atomic E-state index is 13.3. The Morgan fingerprint density at radius 3 is 2.44 bits per heavy atom. The van der Waals surface area contributed by atoms with Gasteiger partial charge in [-0.15, -0.1) is 0 Å². The fraction of sp³-hybridized carbons (Fsp3) is 0.300. The first-order valence-electron chi connectivity index (χ1n) is 8.50. The molecule has 2 atom stereocenters. The third kappa shape index (κ3) is 3.67. The molecule has 2 aromatic rings. The van der Waals surface area contributed by atoms with Crippen LogP contribution in [0.15, 0.2) is 48.5 Å². The second-order valence-electron chi connectivity index (χ2n) is 6.56. The van der Waals surface area contributed by atoms with Gasteiger partial charge in [0.2, 0.25) is 5.91 Å². The van der Waals surface area contributed by atoms with Crippen molar-refractivity contribution < 1.29 is 27.9 Å². The number of rotatable bonds is 4. The van der Waals surface area contributed by atoms with Crippen LogP contribution in [0.5, 0.6) is 0 Å². The molecule has 1 fully saturated rings. The molecule has 1 aliphatic heterocycles. The van der Waals surface area contributed by atoms with Crippen LogP contribution in [0.2, 0.25) is 0 Å². The molecular weight excluding hydrogens is 359 g/mol. The van der Waals surface area contributed by atoms with Crippen LogP contribution in [0.1, 0.15) is 30.4 Å². The van der Waals surface area contributed by atoms with Crippen LogP contribution < -0.4 is 0 Å². The van der Waals surface area contributed by atoms with Gasteiger partial charge in [0.05, 0.1) is 11.5 Å². The molecule has 1 heterocycles. The SMILES string of the molecule is CC(C(=O)N1CCC1C(=O)O)c1cccc(-c2ccccc2C(F)(F)F)c1. The van der Waals surface area contributed by atoms with Crippen LogP contribution in [-0.4, -0.2) is 34.5 Å². The third-order valence-electron chi connectivity index (χ3n) is 4.89. The lowest BCUT2D eigenvalue weighted by molar-refractivity contribution is -0.157. The number of halogens is 3. The van der Waals surface area contributed by atoms with Crippen molar-refractivity contribution >= 4 is 11.9 Å². The quantitative estimate of drug-likeness (QED) is 0.870. The summed E-state index contributed by atoms with van der Waals surface area (Å²) in [6.45, 7) is 2.01. The molecule has 4 nitrogen and oxygen atoms in total. The topological polar surface area (TPSA) is 57.6 Å². The predicted molar refractivity (Wildman–Crippen MR) is 93.0 cm³/mol. The standard InChI is InChI=1S/C20H18F3NO3/c1-12(18(25)24-10-9-17(24)19(26)27)13-5-4-6-14(11-13)15-7-2-3-8-16(15)20(21,22)23/h2-8,11-12,17H,9-10H2,1H3,(H,26,27). The smallest absolute Gasteiger partial charge is 0.417 e. The number of nitrogens with zero attached hydrogens (tertiary/aromatic N) is 1. The molecule has 0 aliphatic carbocycles. The second kappa shape index (κ2) is 7.06. The van der Waals surface area contributed by atoms with Gasteiger partial charge in [0.25, 0.3) is 0 Å². The molecule has 3 rings (SSSR count). The summed E-state index contributed by atoms with van der Waals surface area (Å²) in [6.07, 6.45) is -4.08. The maximum Gasteiger partial charge on any atom is 0.417 e. The molecular formula is C20H18F3NO3. The number of carbonyl (C=O) groups is 2. The van der Waals surface area contributed by atoms with Crippen molar-refractivity contribution in [3.8, 4) is 11.1 Å². The molecule has 1 amide bonds. The Kier molecular flexibility index (Phi) is 4.95. The summed E-state index contributed by atoms with van der Waals surface area (Å²) < 4.78 is 39.8. The molecule has 1 aliphatic rings. The van der Waals surface area contributed by atoms with Crippen molar-refractivity contribution in [2.24, 2.45) is 0 Å². The summed E-state index contributed by atoms with van der Waals surface area (Å²) in [5.74, 6) is -2.03. The number of alkyl halides is 3. The van der Waals surface area contributed by atoms with Gasteiger partial charge in [0, 0.05) is 6.54 Å². The lowest BCUT2D eigenvalue weighted by Crippen LogP contribution is -2.56. The Labute approximate surface area is 154 Å². The molecule has 0 spiro atoms. The van der Waals surface area contributed by atoms with E-state index < -0.39 is 29.7 Å². The zero-order valence-electron chi connectivity index (χ0n) is 14.5. The Hall–Kier alpha value is -2.83. The van der Waals surface area contributed by atoms with Gasteiger partial charge in [0.15, 0.2) is 0 Å². The number of benzene rings is 2. The molecule has 142 valence electrons. The third-order valence-corrected chi connectivity index (χ3v) is 4.89. The summed E-state index contributed by atoms with van der Waals surface area (Å²) in [5, 5.41) is 9.10. The number of carboxylic acids is 1. The zero-order chi connectivity index (χ0) is 19.8. The van der Waals surface area contributed by atoms with E-state index in [-0.39, 0.29) is 11.5 Å². The van der Waals surface area contributed by atoms with Crippen molar-refractivity contribution in [1.29, 1.82) is 0 Å². The maximum atomic E-state index is 13.3. The van der Waals surface area contributed by atoms with Gasteiger partial charge in [-0.25, -0.2) is 4.79 Å². The predicted octanol–water partition coefficient (Wildman–Crippen LogP) is 4.16.